The number of hydrogen-bond acceptors (Lipinski definition) is 4. The SMILES string of the molecule is CCCNC(=O)C1C2c3ccccc3C(OCCO)(c3ccccc32)C1C(=O)O. The van der Waals surface area contributed by atoms with Crippen molar-refractivity contribution in [1.29, 1.82) is 0 Å². The first-order valence-electron chi connectivity index (χ1n) is 10.0. The van der Waals surface area contributed by atoms with E-state index < -0.39 is 23.4 Å². The average Bonchev–Trinajstić information content (AvgIpc) is 2.75. The van der Waals surface area contributed by atoms with Crippen LogP contribution in [0.5, 0.6) is 0 Å². The van der Waals surface area contributed by atoms with Crippen molar-refractivity contribution in [3.63, 3.8) is 0 Å². The summed E-state index contributed by atoms with van der Waals surface area (Å²) >= 11 is 0. The Bertz CT molecular complexity index is 893. The van der Waals surface area contributed by atoms with Crippen LogP contribution in [0.15, 0.2) is 48.5 Å². The van der Waals surface area contributed by atoms with Crippen LogP contribution in [0.1, 0.15) is 41.5 Å². The zero-order valence-corrected chi connectivity index (χ0v) is 16.3. The van der Waals surface area contributed by atoms with E-state index in [0.717, 1.165) is 28.7 Å². The van der Waals surface area contributed by atoms with Gasteiger partial charge in [-0.05, 0) is 28.7 Å². The monoisotopic (exact) mass is 395 g/mol. The van der Waals surface area contributed by atoms with E-state index in [1.165, 1.54) is 0 Å². The Morgan fingerprint density at radius 2 is 1.66 bits per heavy atom. The number of amides is 1. The lowest BCUT2D eigenvalue weighted by Crippen LogP contribution is -2.60. The number of aliphatic hydroxyl groups is 1. The molecule has 3 aliphatic rings. The minimum atomic E-state index is -1.33. The van der Waals surface area contributed by atoms with Crippen LogP contribution in [-0.2, 0) is 19.9 Å². The van der Waals surface area contributed by atoms with Gasteiger partial charge < -0.3 is 20.3 Å². The molecule has 0 aliphatic heterocycles. The number of aliphatic hydroxyl groups excluding tert-OH is 1. The Hall–Kier alpha value is -2.70. The summed E-state index contributed by atoms with van der Waals surface area (Å²) in [7, 11) is 0. The molecular formula is C23H25NO5. The highest BCUT2D eigenvalue weighted by molar-refractivity contribution is 5.90. The van der Waals surface area contributed by atoms with Crippen LogP contribution in [0, 0.1) is 11.8 Å². The van der Waals surface area contributed by atoms with Crippen LogP contribution in [0.4, 0.5) is 0 Å². The van der Waals surface area contributed by atoms with Crippen LogP contribution in [0.3, 0.4) is 0 Å². The third kappa shape index (κ3) is 2.78. The molecule has 0 fully saturated rings. The van der Waals surface area contributed by atoms with Gasteiger partial charge in [-0.1, -0.05) is 55.5 Å². The Morgan fingerprint density at radius 3 is 2.17 bits per heavy atom. The lowest BCUT2D eigenvalue weighted by molar-refractivity contribution is -0.171. The van der Waals surface area contributed by atoms with Crippen molar-refractivity contribution < 1.29 is 24.5 Å². The molecule has 152 valence electrons. The third-order valence-corrected chi connectivity index (χ3v) is 6.09. The van der Waals surface area contributed by atoms with Crippen molar-refractivity contribution in [2.45, 2.75) is 24.9 Å². The van der Waals surface area contributed by atoms with E-state index in [1.807, 2.05) is 55.5 Å². The number of benzene rings is 2. The highest BCUT2D eigenvalue weighted by Gasteiger charge is 2.64. The molecule has 1 amide bonds. The molecule has 3 N–H and O–H groups in total. The maximum Gasteiger partial charge on any atom is 0.311 e. The van der Waals surface area contributed by atoms with E-state index in [-0.39, 0.29) is 25.0 Å². The van der Waals surface area contributed by atoms with Crippen molar-refractivity contribution in [3.05, 3.63) is 70.8 Å². The Kier molecular flexibility index (Phi) is 5.15. The first-order valence-corrected chi connectivity index (χ1v) is 10.0. The molecule has 0 saturated heterocycles. The fraction of sp³-hybridized carbons (Fsp3) is 0.391. The molecule has 0 radical (unpaired) electrons. The molecule has 6 heteroatoms. The first kappa shape index (κ1) is 19.6. The number of hydrogen-bond donors (Lipinski definition) is 3. The van der Waals surface area contributed by atoms with E-state index >= 15 is 0 Å². The molecule has 0 saturated carbocycles. The van der Waals surface area contributed by atoms with Gasteiger partial charge in [0, 0.05) is 12.5 Å². The number of rotatable bonds is 7. The Balaban J connectivity index is 2.01. The normalized spacial score (nSPS) is 26.5. The van der Waals surface area contributed by atoms with Crippen LogP contribution in [0.25, 0.3) is 0 Å². The topological polar surface area (TPSA) is 95.9 Å². The molecule has 2 bridgehead atoms. The number of nitrogens with one attached hydrogen (secondary N) is 1. The number of ether oxygens (including phenoxy) is 1. The van der Waals surface area contributed by atoms with Gasteiger partial charge in [-0.15, -0.1) is 0 Å². The second kappa shape index (κ2) is 7.61. The fourth-order valence-electron chi connectivity index (χ4n) is 5.14. The first-order chi connectivity index (χ1) is 14.1. The van der Waals surface area contributed by atoms with E-state index in [2.05, 4.69) is 5.32 Å². The van der Waals surface area contributed by atoms with Gasteiger partial charge in [0.1, 0.15) is 11.5 Å². The van der Waals surface area contributed by atoms with Crippen LogP contribution >= 0.6 is 0 Å². The van der Waals surface area contributed by atoms with E-state index in [1.54, 1.807) is 0 Å². The molecule has 2 unspecified atom stereocenters. The quantitative estimate of drug-likeness (QED) is 0.668. The summed E-state index contributed by atoms with van der Waals surface area (Å²) in [6, 6.07) is 15.2. The number of carbonyl (C=O) groups is 2. The molecule has 3 aliphatic carbocycles. The highest BCUT2D eigenvalue weighted by Crippen LogP contribution is 2.62. The maximum absolute atomic E-state index is 13.2. The molecule has 2 aromatic carbocycles. The number of carboxylic acid groups (broad SMARTS) is 1. The summed E-state index contributed by atoms with van der Waals surface area (Å²) in [6.07, 6.45) is 0.764. The summed E-state index contributed by atoms with van der Waals surface area (Å²) < 4.78 is 6.21. The summed E-state index contributed by atoms with van der Waals surface area (Å²) in [4.78, 5) is 25.8. The summed E-state index contributed by atoms with van der Waals surface area (Å²) in [5.74, 6) is -3.61. The molecule has 5 rings (SSSR count). The molecule has 0 aromatic heterocycles. The molecule has 2 atom stereocenters. The standard InChI is InChI=1S/C23H25NO5/c1-2-11-24-21(26)19-18-14-7-3-5-9-16(14)23(29-13-12-25,20(19)22(27)28)17-10-6-4-8-15(17)18/h3-10,18-20,25H,2,11-13H2,1H3,(H,24,26)(H,27,28). The predicted molar refractivity (Wildman–Crippen MR) is 106 cm³/mol. The number of carbonyl (C=O) groups excluding carboxylic acids is 1. The van der Waals surface area contributed by atoms with E-state index in [4.69, 9.17) is 4.74 Å². The number of fused-ring (bicyclic) bond motifs is 1. The van der Waals surface area contributed by atoms with Gasteiger partial charge in [0.2, 0.25) is 5.91 Å². The summed E-state index contributed by atoms with van der Waals surface area (Å²) in [5, 5.41) is 22.7. The van der Waals surface area contributed by atoms with Crippen molar-refractivity contribution in [1.82, 2.24) is 5.32 Å². The lowest BCUT2D eigenvalue weighted by atomic mass is 9.51. The van der Waals surface area contributed by atoms with Gasteiger partial charge in [-0.3, -0.25) is 9.59 Å². The lowest BCUT2D eigenvalue weighted by Gasteiger charge is -2.55. The van der Waals surface area contributed by atoms with Crippen LogP contribution in [-0.4, -0.2) is 41.8 Å². The maximum atomic E-state index is 13.2. The van der Waals surface area contributed by atoms with Gasteiger partial charge in [-0.25, -0.2) is 0 Å². The zero-order valence-electron chi connectivity index (χ0n) is 16.3. The minimum absolute atomic E-state index is 0.0274. The van der Waals surface area contributed by atoms with Gasteiger partial charge in [0.15, 0.2) is 0 Å². The van der Waals surface area contributed by atoms with Gasteiger partial charge in [0.25, 0.3) is 0 Å². The molecule has 0 heterocycles. The average molecular weight is 395 g/mol. The summed E-state index contributed by atoms with van der Waals surface area (Å²) in [5.41, 5.74) is 2.04. The Morgan fingerprint density at radius 1 is 1.07 bits per heavy atom. The number of carboxylic acids is 1. The third-order valence-electron chi connectivity index (χ3n) is 6.09. The largest absolute Gasteiger partial charge is 0.481 e. The van der Waals surface area contributed by atoms with Gasteiger partial charge in [0.05, 0.1) is 19.1 Å². The van der Waals surface area contributed by atoms with Crippen molar-refractivity contribution in [3.8, 4) is 0 Å². The van der Waals surface area contributed by atoms with E-state index in [0.29, 0.717) is 6.54 Å². The number of aliphatic carboxylic acids is 1. The predicted octanol–water partition coefficient (Wildman–Crippen LogP) is 2.24. The molecular weight excluding hydrogens is 370 g/mol. The van der Waals surface area contributed by atoms with Crippen molar-refractivity contribution in [2.24, 2.45) is 11.8 Å². The molecule has 0 spiro atoms. The smallest absolute Gasteiger partial charge is 0.311 e. The van der Waals surface area contributed by atoms with E-state index in [9.17, 15) is 19.8 Å². The zero-order chi connectivity index (χ0) is 20.6. The minimum Gasteiger partial charge on any atom is -0.481 e. The molecule has 2 aromatic rings. The fourth-order valence-corrected chi connectivity index (χ4v) is 5.14. The van der Waals surface area contributed by atoms with Gasteiger partial charge >= 0.3 is 5.97 Å². The molecule has 6 nitrogen and oxygen atoms in total. The highest BCUT2D eigenvalue weighted by atomic mass is 16.5. The van der Waals surface area contributed by atoms with Gasteiger partial charge in [-0.2, -0.15) is 0 Å². The van der Waals surface area contributed by atoms with Crippen molar-refractivity contribution >= 4 is 11.9 Å². The second-order valence-corrected chi connectivity index (χ2v) is 7.59. The second-order valence-electron chi connectivity index (χ2n) is 7.59. The Labute approximate surface area is 169 Å². The van der Waals surface area contributed by atoms with Crippen LogP contribution in [0.2, 0.25) is 0 Å². The van der Waals surface area contributed by atoms with Crippen molar-refractivity contribution in [2.75, 3.05) is 19.8 Å². The van der Waals surface area contributed by atoms with Crippen LogP contribution < -0.4 is 5.32 Å². The summed E-state index contributed by atoms with van der Waals surface area (Å²) in [6.45, 7) is 2.18. The molecule has 29 heavy (non-hydrogen) atoms.